The Morgan fingerprint density at radius 1 is 1.29 bits per heavy atom. The first kappa shape index (κ1) is 15.4. The van der Waals surface area contributed by atoms with Crippen molar-refractivity contribution in [2.45, 2.75) is 13.8 Å². The number of rotatable bonds is 3. The van der Waals surface area contributed by atoms with E-state index in [1.807, 2.05) is 43.5 Å². The van der Waals surface area contributed by atoms with Crippen LogP contribution in [0.25, 0.3) is 6.08 Å². The van der Waals surface area contributed by atoms with Gasteiger partial charge in [-0.3, -0.25) is 10.1 Å². The fraction of sp³-hybridized carbons (Fsp3) is 0.125. The van der Waals surface area contributed by atoms with Gasteiger partial charge < -0.3 is 5.32 Å². The Balaban J connectivity index is 1.90. The lowest BCUT2D eigenvalue weighted by atomic mass is 10.1. The summed E-state index contributed by atoms with van der Waals surface area (Å²) in [6, 6.07) is 9.89. The Kier molecular flexibility index (Phi) is 5.25. The second-order valence-corrected chi connectivity index (χ2v) is 6.00. The Bertz CT molecular complexity index is 676. The maximum absolute atomic E-state index is 11.8. The van der Waals surface area contributed by atoms with Crippen LogP contribution in [-0.4, -0.2) is 11.0 Å². The molecule has 2 aromatic rings. The van der Waals surface area contributed by atoms with Crippen LogP contribution < -0.4 is 10.6 Å². The van der Waals surface area contributed by atoms with E-state index < -0.39 is 0 Å². The highest BCUT2D eigenvalue weighted by Crippen LogP contribution is 2.15. The van der Waals surface area contributed by atoms with E-state index in [1.54, 1.807) is 17.4 Å². The summed E-state index contributed by atoms with van der Waals surface area (Å²) in [4.78, 5) is 12.8. The average molecular weight is 316 g/mol. The lowest BCUT2D eigenvalue weighted by Crippen LogP contribution is -2.33. The number of hydrogen-bond donors (Lipinski definition) is 2. The highest BCUT2D eigenvalue weighted by atomic mass is 32.1. The van der Waals surface area contributed by atoms with Crippen molar-refractivity contribution in [1.29, 1.82) is 0 Å². The number of benzene rings is 1. The zero-order valence-corrected chi connectivity index (χ0v) is 13.5. The molecule has 0 unspecified atom stereocenters. The largest absolute Gasteiger partial charge is 0.332 e. The number of anilines is 1. The average Bonchev–Trinajstić information content (AvgIpc) is 2.93. The van der Waals surface area contributed by atoms with E-state index in [2.05, 4.69) is 16.7 Å². The van der Waals surface area contributed by atoms with Gasteiger partial charge in [0.25, 0.3) is 0 Å². The quantitative estimate of drug-likeness (QED) is 0.667. The van der Waals surface area contributed by atoms with Crippen molar-refractivity contribution < 1.29 is 4.79 Å². The van der Waals surface area contributed by atoms with Crippen molar-refractivity contribution in [3.63, 3.8) is 0 Å². The molecular formula is C16H16N2OS2. The monoisotopic (exact) mass is 316 g/mol. The molecule has 0 aliphatic heterocycles. The molecule has 0 fully saturated rings. The molecule has 0 saturated carbocycles. The first-order valence-electron chi connectivity index (χ1n) is 6.45. The van der Waals surface area contributed by atoms with Crippen molar-refractivity contribution in [1.82, 2.24) is 5.32 Å². The van der Waals surface area contributed by atoms with Crippen LogP contribution in [0, 0.1) is 13.8 Å². The third-order valence-electron chi connectivity index (χ3n) is 2.81. The number of aryl methyl sites for hydroxylation is 2. The lowest BCUT2D eigenvalue weighted by molar-refractivity contribution is -0.115. The topological polar surface area (TPSA) is 41.1 Å². The number of hydrogen-bond acceptors (Lipinski definition) is 3. The van der Waals surface area contributed by atoms with Crippen molar-refractivity contribution in [2.75, 3.05) is 5.32 Å². The highest BCUT2D eigenvalue weighted by Gasteiger charge is 2.04. The van der Waals surface area contributed by atoms with E-state index >= 15 is 0 Å². The summed E-state index contributed by atoms with van der Waals surface area (Å²) in [7, 11) is 0. The fourth-order valence-corrected chi connectivity index (χ4v) is 2.63. The Morgan fingerprint density at radius 3 is 2.76 bits per heavy atom. The van der Waals surface area contributed by atoms with Gasteiger partial charge in [0.05, 0.1) is 0 Å². The second kappa shape index (κ2) is 7.15. The number of thiocarbonyl (C=S) groups is 1. The molecule has 1 aromatic heterocycles. The summed E-state index contributed by atoms with van der Waals surface area (Å²) in [5, 5.41) is 7.92. The summed E-state index contributed by atoms with van der Waals surface area (Å²) in [5.41, 5.74) is 3.17. The third kappa shape index (κ3) is 4.81. The van der Waals surface area contributed by atoms with Gasteiger partial charge in [-0.15, -0.1) is 11.3 Å². The highest BCUT2D eigenvalue weighted by molar-refractivity contribution is 7.80. The van der Waals surface area contributed by atoms with Gasteiger partial charge in [-0.2, -0.15) is 0 Å². The number of amides is 1. The molecule has 1 amide bonds. The van der Waals surface area contributed by atoms with Crippen LogP contribution in [-0.2, 0) is 4.79 Å². The molecule has 5 heteroatoms. The van der Waals surface area contributed by atoms with Crippen LogP contribution in [0.4, 0.5) is 5.69 Å². The van der Waals surface area contributed by atoms with Crippen LogP contribution in [0.2, 0.25) is 0 Å². The zero-order chi connectivity index (χ0) is 15.2. The van der Waals surface area contributed by atoms with E-state index in [0.717, 1.165) is 16.1 Å². The van der Waals surface area contributed by atoms with Gasteiger partial charge in [0, 0.05) is 16.6 Å². The van der Waals surface area contributed by atoms with Crippen LogP contribution in [0.15, 0.2) is 41.8 Å². The molecule has 0 saturated heterocycles. The minimum Gasteiger partial charge on any atom is -0.332 e. The number of nitrogens with one attached hydrogen (secondary N) is 2. The normalized spacial score (nSPS) is 10.6. The molecule has 2 rings (SSSR count). The molecule has 3 nitrogen and oxygen atoms in total. The first-order valence-corrected chi connectivity index (χ1v) is 7.74. The van der Waals surface area contributed by atoms with Crippen molar-refractivity contribution >= 4 is 46.3 Å². The standard InChI is InChI=1S/C16H16N2OS2/c1-11-5-7-14(12(2)10-11)17-16(20)18-15(19)8-6-13-4-3-9-21-13/h3-10H,1-2H3,(H2,17,18,19,20)/b8-6+. The Morgan fingerprint density at radius 2 is 2.10 bits per heavy atom. The minimum atomic E-state index is -0.245. The molecule has 0 bridgehead atoms. The summed E-state index contributed by atoms with van der Waals surface area (Å²) in [5.74, 6) is -0.245. The van der Waals surface area contributed by atoms with Gasteiger partial charge in [-0.05, 0) is 55.2 Å². The van der Waals surface area contributed by atoms with E-state index in [4.69, 9.17) is 12.2 Å². The van der Waals surface area contributed by atoms with Crippen LogP contribution in [0.1, 0.15) is 16.0 Å². The van der Waals surface area contributed by atoms with Crippen molar-refractivity contribution in [3.8, 4) is 0 Å². The van der Waals surface area contributed by atoms with Crippen LogP contribution in [0.3, 0.4) is 0 Å². The third-order valence-corrected chi connectivity index (χ3v) is 3.85. The molecule has 0 spiro atoms. The predicted octanol–water partition coefficient (Wildman–Crippen LogP) is 3.89. The molecule has 2 N–H and O–H groups in total. The van der Waals surface area contributed by atoms with Gasteiger partial charge in [0.1, 0.15) is 0 Å². The lowest BCUT2D eigenvalue weighted by Gasteiger charge is -2.11. The van der Waals surface area contributed by atoms with Gasteiger partial charge in [0.2, 0.25) is 5.91 Å². The van der Waals surface area contributed by atoms with E-state index in [-0.39, 0.29) is 5.91 Å². The van der Waals surface area contributed by atoms with Crippen LogP contribution in [0.5, 0.6) is 0 Å². The molecule has 1 heterocycles. The van der Waals surface area contributed by atoms with Crippen LogP contribution >= 0.6 is 23.6 Å². The molecule has 0 radical (unpaired) electrons. The van der Waals surface area contributed by atoms with Gasteiger partial charge in [-0.25, -0.2) is 0 Å². The Hall–Kier alpha value is -1.98. The molecule has 0 aliphatic rings. The minimum absolute atomic E-state index is 0.245. The van der Waals surface area contributed by atoms with Gasteiger partial charge in [-0.1, -0.05) is 23.8 Å². The first-order chi connectivity index (χ1) is 10.0. The Labute approximate surface area is 133 Å². The predicted molar refractivity (Wildman–Crippen MR) is 93.6 cm³/mol. The zero-order valence-electron chi connectivity index (χ0n) is 11.8. The van der Waals surface area contributed by atoms with Gasteiger partial charge >= 0.3 is 0 Å². The maximum atomic E-state index is 11.8. The van der Waals surface area contributed by atoms with Crippen molar-refractivity contribution in [2.24, 2.45) is 0 Å². The summed E-state index contributed by atoms with van der Waals surface area (Å²) in [6.45, 7) is 4.03. The van der Waals surface area contributed by atoms with E-state index in [9.17, 15) is 4.79 Å². The maximum Gasteiger partial charge on any atom is 0.250 e. The molecule has 0 atom stereocenters. The van der Waals surface area contributed by atoms with Gasteiger partial charge in [0.15, 0.2) is 5.11 Å². The molecule has 1 aromatic carbocycles. The second-order valence-electron chi connectivity index (χ2n) is 4.61. The number of carbonyl (C=O) groups is 1. The van der Waals surface area contributed by atoms with Crippen molar-refractivity contribution in [3.05, 3.63) is 57.8 Å². The summed E-state index contributed by atoms with van der Waals surface area (Å²) >= 11 is 6.72. The smallest absolute Gasteiger partial charge is 0.250 e. The summed E-state index contributed by atoms with van der Waals surface area (Å²) in [6.07, 6.45) is 3.24. The summed E-state index contributed by atoms with van der Waals surface area (Å²) < 4.78 is 0. The van der Waals surface area contributed by atoms with E-state index in [1.165, 1.54) is 11.6 Å². The molecule has 108 valence electrons. The van der Waals surface area contributed by atoms with E-state index in [0.29, 0.717) is 5.11 Å². The SMILES string of the molecule is Cc1ccc(NC(=S)NC(=O)/C=C/c2cccs2)c(C)c1. The fourth-order valence-electron chi connectivity index (χ4n) is 1.80. The number of carbonyl (C=O) groups excluding carboxylic acids is 1. The molecule has 0 aliphatic carbocycles. The number of thiophene rings is 1. The molecular weight excluding hydrogens is 300 g/mol. The molecule has 21 heavy (non-hydrogen) atoms.